The number of nitrogens with one attached hydrogen (secondary N) is 1. The molecule has 0 saturated carbocycles. The quantitative estimate of drug-likeness (QED) is 0.704. The van der Waals surface area contributed by atoms with E-state index in [0.717, 1.165) is 6.92 Å². The fraction of sp³-hybridized carbons (Fsp3) is 0.385. The van der Waals surface area contributed by atoms with Gasteiger partial charge in [0.15, 0.2) is 17.1 Å². The third-order valence-corrected chi connectivity index (χ3v) is 2.87. The fourth-order valence-corrected chi connectivity index (χ4v) is 1.60. The number of carboxylic acids is 1. The molecule has 7 heteroatoms. The summed E-state index contributed by atoms with van der Waals surface area (Å²) >= 11 is 0. The smallest absolute Gasteiger partial charge is 0.337 e. The molecule has 0 aliphatic carbocycles. The minimum Gasteiger partial charge on any atom is -0.485 e. The number of aliphatic hydroxyl groups is 1. The highest BCUT2D eigenvalue weighted by Crippen LogP contribution is 2.30. The Hall–Kier alpha value is -2.28. The Balaban J connectivity index is 1.94. The van der Waals surface area contributed by atoms with Crippen molar-refractivity contribution in [2.75, 3.05) is 13.2 Å². The number of hydrogen-bond acceptors (Lipinski definition) is 5. The molecule has 0 spiro atoms. The third kappa shape index (κ3) is 3.00. The van der Waals surface area contributed by atoms with Crippen molar-refractivity contribution in [3.63, 3.8) is 0 Å². The first-order chi connectivity index (χ1) is 9.40. The van der Waals surface area contributed by atoms with Gasteiger partial charge in [-0.2, -0.15) is 0 Å². The maximum Gasteiger partial charge on any atom is 0.337 e. The Kier molecular flexibility index (Phi) is 3.80. The molecule has 0 aromatic heterocycles. The summed E-state index contributed by atoms with van der Waals surface area (Å²) in [6, 6.07) is 6.92. The van der Waals surface area contributed by atoms with Crippen molar-refractivity contribution in [2.45, 2.75) is 18.6 Å². The van der Waals surface area contributed by atoms with Gasteiger partial charge in [0.2, 0.25) is 6.10 Å². The summed E-state index contributed by atoms with van der Waals surface area (Å²) in [6.07, 6.45) is -0.880. The molecule has 0 saturated heterocycles. The normalized spacial score (nSPS) is 19.8. The van der Waals surface area contributed by atoms with E-state index in [0.29, 0.717) is 11.5 Å². The molecular formula is C13H15NO6. The van der Waals surface area contributed by atoms with Crippen molar-refractivity contribution in [3.8, 4) is 11.5 Å². The zero-order valence-electron chi connectivity index (χ0n) is 10.8. The maximum atomic E-state index is 11.9. The van der Waals surface area contributed by atoms with Crippen LogP contribution in [0.25, 0.3) is 0 Å². The first-order valence-electron chi connectivity index (χ1n) is 6.02. The Morgan fingerprint density at radius 2 is 2.05 bits per heavy atom. The first-order valence-corrected chi connectivity index (χ1v) is 6.02. The van der Waals surface area contributed by atoms with Crippen LogP contribution in [0.1, 0.15) is 6.92 Å². The maximum absolute atomic E-state index is 11.9. The molecule has 1 aliphatic heterocycles. The van der Waals surface area contributed by atoms with E-state index in [2.05, 4.69) is 5.32 Å². The molecule has 7 nitrogen and oxygen atoms in total. The summed E-state index contributed by atoms with van der Waals surface area (Å²) in [5.41, 5.74) is -2.02. The molecule has 0 radical (unpaired) electrons. The number of hydrogen-bond donors (Lipinski definition) is 3. The second-order valence-electron chi connectivity index (χ2n) is 4.66. The van der Waals surface area contributed by atoms with Crippen molar-refractivity contribution >= 4 is 11.9 Å². The molecule has 20 heavy (non-hydrogen) atoms. The largest absolute Gasteiger partial charge is 0.485 e. The number of benzene rings is 1. The first kappa shape index (κ1) is 14.1. The minimum absolute atomic E-state index is 0.0259. The van der Waals surface area contributed by atoms with Gasteiger partial charge in [0.05, 0.1) is 6.54 Å². The van der Waals surface area contributed by atoms with Gasteiger partial charge in [-0.15, -0.1) is 0 Å². The Morgan fingerprint density at radius 3 is 2.70 bits per heavy atom. The molecule has 3 N–H and O–H groups in total. The van der Waals surface area contributed by atoms with Crippen LogP contribution in [0, 0.1) is 0 Å². The lowest BCUT2D eigenvalue weighted by atomic mass is 10.1. The molecule has 1 aromatic carbocycles. The molecule has 0 fully saturated rings. The summed E-state index contributed by atoms with van der Waals surface area (Å²) in [5.74, 6) is -0.956. The predicted molar refractivity (Wildman–Crippen MR) is 67.6 cm³/mol. The average Bonchev–Trinajstić information content (AvgIpc) is 2.44. The van der Waals surface area contributed by atoms with Gasteiger partial charge in [-0.3, -0.25) is 4.79 Å². The van der Waals surface area contributed by atoms with Crippen LogP contribution >= 0.6 is 0 Å². The van der Waals surface area contributed by atoms with Crippen LogP contribution in [0.5, 0.6) is 11.5 Å². The lowest BCUT2D eigenvalue weighted by molar-refractivity contribution is -0.156. The van der Waals surface area contributed by atoms with Crippen molar-refractivity contribution < 1.29 is 29.3 Å². The number of carboxylic acid groups (broad SMARTS) is 1. The third-order valence-electron chi connectivity index (χ3n) is 2.87. The predicted octanol–water partition coefficient (Wildman–Crippen LogP) is -0.222. The van der Waals surface area contributed by atoms with Gasteiger partial charge in [0.1, 0.15) is 6.61 Å². The molecule has 0 bridgehead atoms. The summed E-state index contributed by atoms with van der Waals surface area (Å²) in [4.78, 5) is 22.6. The topological polar surface area (TPSA) is 105 Å². The van der Waals surface area contributed by atoms with Crippen molar-refractivity contribution in [2.24, 2.45) is 0 Å². The van der Waals surface area contributed by atoms with E-state index in [1.807, 2.05) is 0 Å². The second kappa shape index (κ2) is 5.38. The summed E-state index contributed by atoms with van der Waals surface area (Å²) in [7, 11) is 0. The van der Waals surface area contributed by atoms with E-state index in [1.165, 1.54) is 0 Å². The number of carbonyl (C=O) groups excluding carboxylic acids is 1. The SMILES string of the molecule is CC(O)(CNC(=O)C1COc2ccccc2O1)C(=O)O. The van der Waals surface area contributed by atoms with Crippen LogP contribution in [-0.2, 0) is 9.59 Å². The lowest BCUT2D eigenvalue weighted by Gasteiger charge is -2.26. The summed E-state index contributed by atoms with van der Waals surface area (Å²) in [6.45, 7) is 0.712. The molecule has 2 rings (SSSR count). The Morgan fingerprint density at radius 1 is 1.40 bits per heavy atom. The number of amides is 1. The number of para-hydroxylation sites is 2. The molecule has 108 valence electrons. The Labute approximate surface area is 115 Å². The van der Waals surface area contributed by atoms with Crippen LogP contribution in [0.3, 0.4) is 0 Å². The van der Waals surface area contributed by atoms with Crippen LogP contribution < -0.4 is 14.8 Å². The van der Waals surface area contributed by atoms with Crippen molar-refractivity contribution in [1.29, 1.82) is 0 Å². The molecule has 1 aromatic rings. The van der Waals surface area contributed by atoms with Crippen molar-refractivity contribution in [1.82, 2.24) is 5.32 Å². The van der Waals surface area contributed by atoms with E-state index < -0.39 is 30.1 Å². The van der Waals surface area contributed by atoms with E-state index in [1.54, 1.807) is 24.3 Å². The average molecular weight is 281 g/mol. The molecule has 2 atom stereocenters. The molecular weight excluding hydrogens is 266 g/mol. The highest BCUT2D eigenvalue weighted by Gasteiger charge is 2.33. The van der Waals surface area contributed by atoms with Gasteiger partial charge < -0.3 is 25.0 Å². The number of rotatable bonds is 4. The lowest BCUT2D eigenvalue weighted by Crippen LogP contribution is -2.51. The fourth-order valence-electron chi connectivity index (χ4n) is 1.60. The van der Waals surface area contributed by atoms with E-state index >= 15 is 0 Å². The molecule has 1 aliphatic rings. The van der Waals surface area contributed by atoms with Crippen LogP contribution in [-0.4, -0.2) is 46.9 Å². The Bertz CT molecular complexity index is 527. The van der Waals surface area contributed by atoms with E-state index in [-0.39, 0.29) is 6.61 Å². The van der Waals surface area contributed by atoms with Crippen molar-refractivity contribution in [3.05, 3.63) is 24.3 Å². The number of carbonyl (C=O) groups is 2. The van der Waals surface area contributed by atoms with Gasteiger partial charge in [0.25, 0.3) is 5.91 Å². The van der Waals surface area contributed by atoms with E-state index in [9.17, 15) is 14.7 Å². The van der Waals surface area contributed by atoms with Crippen LogP contribution in [0.2, 0.25) is 0 Å². The van der Waals surface area contributed by atoms with E-state index in [4.69, 9.17) is 14.6 Å². The molecule has 1 amide bonds. The summed E-state index contributed by atoms with van der Waals surface area (Å²) in [5, 5.41) is 20.6. The standard InChI is InChI=1S/C13H15NO6/c1-13(18,12(16)17)7-14-11(15)10-6-19-8-4-2-3-5-9(8)20-10/h2-5,10,18H,6-7H2,1H3,(H,14,15)(H,16,17). The molecule has 2 unspecified atom stereocenters. The zero-order chi connectivity index (χ0) is 14.8. The van der Waals surface area contributed by atoms with Gasteiger partial charge in [-0.05, 0) is 19.1 Å². The van der Waals surface area contributed by atoms with Crippen LogP contribution in [0.4, 0.5) is 0 Å². The summed E-state index contributed by atoms with van der Waals surface area (Å²) < 4.78 is 10.8. The van der Waals surface area contributed by atoms with Gasteiger partial charge in [-0.1, -0.05) is 12.1 Å². The van der Waals surface area contributed by atoms with Crippen LogP contribution in [0.15, 0.2) is 24.3 Å². The number of fused-ring (bicyclic) bond motifs is 1. The highest BCUT2D eigenvalue weighted by atomic mass is 16.6. The number of aliphatic carboxylic acids is 1. The zero-order valence-corrected chi connectivity index (χ0v) is 10.8. The van der Waals surface area contributed by atoms with Gasteiger partial charge in [0, 0.05) is 0 Å². The van der Waals surface area contributed by atoms with Gasteiger partial charge in [-0.25, -0.2) is 4.79 Å². The van der Waals surface area contributed by atoms with Gasteiger partial charge >= 0.3 is 5.97 Å². The number of ether oxygens (including phenoxy) is 2. The highest BCUT2D eigenvalue weighted by molar-refractivity contribution is 5.83. The molecule has 1 heterocycles. The second-order valence-corrected chi connectivity index (χ2v) is 4.66. The monoisotopic (exact) mass is 281 g/mol. The minimum atomic E-state index is -2.02.